The van der Waals surface area contributed by atoms with Gasteiger partial charge in [-0.1, -0.05) is 17.3 Å². The Bertz CT molecular complexity index is 940. The van der Waals surface area contributed by atoms with Gasteiger partial charge < -0.3 is 9.42 Å². The zero-order valence-corrected chi connectivity index (χ0v) is 14.8. The molecule has 1 aliphatic rings. The Morgan fingerprint density at radius 3 is 2.88 bits per heavy atom. The number of fused-ring (bicyclic) bond motifs is 1. The molecule has 6 nitrogen and oxygen atoms in total. The normalized spacial score (nSPS) is 17.6. The number of carbonyl (C=O) groups excluding carboxylic acids is 1. The van der Waals surface area contributed by atoms with Crippen molar-refractivity contribution in [1.82, 2.24) is 19.8 Å². The Hall–Kier alpha value is -2.63. The molecule has 0 saturated carbocycles. The summed E-state index contributed by atoms with van der Waals surface area (Å²) in [5.74, 6) is 0.101. The summed E-state index contributed by atoms with van der Waals surface area (Å²) in [6, 6.07) is 7.78. The average Bonchev–Trinajstić information content (AvgIpc) is 3.27. The molecule has 6 heteroatoms. The van der Waals surface area contributed by atoms with Crippen LogP contribution < -0.4 is 0 Å². The number of hydrogen-bond donors (Lipinski definition) is 0. The molecule has 1 aliphatic heterocycles. The number of benzene rings is 1. The second-order valence-electron chi connectivity index (χ2n) is 6.76. The molecule has 1 saturated heterocycles. The fourth-order valence-corrected chi connectivity index (χ4v) is 3.95. The molecule has 25 heavy (non-hydrogen) atoms. The number of carbonyl (C=O) groups is 1. The summed E-state index contributed by atoms with van der Waals surface area (Å²) >= 11 is 0. The lowest BCUT2D eigenvalue weighted by molar-refractivity contribution is -0.131. The maximum Gasteiger partial charge on any atom is 0.229 e. The second kappa shape index (κ2) is 6.02. The van der Waals surface area contributed by atoms with Gasteiger partial charge in [-0.15, -0.1) is 0 Å². The topological polar surface area (TPSA) is 64.2 Å². The van der Waals surface area contributed by atoms with Crippen LogP contribution in [0.25, 0.3) is 11.0 Å². The molecule has 1 fully saturated rings. The van der Waals surface area contributed by atoms with Gasteiger partial charge in [0, 0.05) is 30.2 Å². The molecule has 0 aliphatic carbocycles. The van der Waals surface area contributed by atoms with Crippen LogP contribution in [0.4, 0.5) is 0 Å². The Kier molecular flexibility index (Phi) is 3.82. The monoisotopic (exact) mass is 338 g/mol. The van der Waals surface area contributed by atoms with Gasteiger partial charge in [0.15, 0.2) is 5.58 Å². The summed E-state index contributed by atoms with van der Waals surface area (Å²) in [5.41, 5.74) is 4.78. The number of aryl methyl sites for hydroxylation is 2. The van der Waals surface area contributed by atoms with Crippen molar-refractivity contribution in [3.63, 3.8) is 0 Å². The van der Waals surface area contributed by atoms with Crippen LogP contribution in [0.3, 0.4) is 0 Å². The maximum atomic E-state index is 13.0. The summed E-state index contributed by atoms with van der Waals surface area (Å²) < 4.78 is 7.23. The number of hydrogen-bond acceptors (Lipinski definition) is 4. The highest BCUT2D eigenvalue weighted by atomic mass is 16.5. The van der Waals surface area contributed by atoms with Crippen molar-refractivity contribution in [2.24, 2.45) is 7.05 Å². The van der Waals surface area contributed by atoms with E-state index in [0.717, 1.165) is 41.7 Å². The Morgan fingerprint density at radius 1 is 1.32 bits per heavy atom. The number of nitrogens with zero attached hydrogens (tertiary/aromatic N) is 4. The highest BCUT2D eigenvalue weighted by Crippen LogP contribution is 2.36. The van der Waals surface area contributed by atoms with E-state index in [1.807, 2.05) is 47.8 Å². The quantitative estimate of drug-likeness (QED) is 0.736. The van der Waals surface area contributed by atoms with E-state index in [1.54, 1.807) is 0 Å². The molecule has 0 N–H and O–H groups in total. The van der Waals surface area contributed by atoms with E-state index >= 15 is 0 Å². The van der Waals surface area contributed by atoms with E-state index in [-0.39, 0.29) is 18.4 Å². The minimum atomic E-state index is 0.101. The highest BCUT2D eigenvalue weighted by molar-refractivity contribution is 5.86. The molecule has 2 aromatic heterocycles. The molecule has 3 heterocycles. The summed E-state index contributed by atoms with van der Waals surface area (Å²) in [5, 5.41) is 9.54. The van der Waals surface area contributed by atoms with Gasteiger partial charge in [0.2, 0.25) is 5.91 Å². The van der Waals surface area contributed by atoms with Crippen LogP contribution in [0.5, 0.6) is 0 Å². The van der Waals surface area contributed by atoms with Gasteiger partial charge in [0.25, 0.3) is 0 Å². The first-order chi connectivity index (χ1) is 12.1. The van der Waals surface area contributed by atoms with Gasteiger partial charge in [0.1, 0.15) is 5.69 Å². The third kappa shape index (κ3) is 2.62. The van der Waals surface area contributed by atoms with Crippen molar-refractivity contribution in [3.8, 4) is 0 Å². The molecule has 0 unspecified atom stereocenters. The van der Waals surface area contributed by atoms with Crippen LogP contribution in [0, 0.1) is 13.8 Å². The van der Waals surface area contributed by atoms with Crippen LogP contribution >= 0.6 is 0 Å². The van der Waals surface area contributed by atoms with Crippen molar-refractivity contribution in [2.75, 3.05) is 6.54 Å². The van der Waals surface area contributed by atoms with Crippen LogP contribution in [0.1, 0.15) is 41.5 Å². The predicted octanol–water partition coefficient (Wildman–Crippen LogP) is 3.08. The Morgan fingerprint density at radius 2 is 2.12 bits per heavy atom. The van der Waals surface area contributed by atoms with Crippen LogP contribution in [0.15, 0.2) is 28.8 Å². The van der Waals surface area contributed by atoms with E-state index in [1.165, 1.54) is 5.56 Å². The number of para-hydroxylation sites is 1. The zero-order chi connectivity index (χ0) is 17.6. The predicted molar refractivity (Wildman–Crippen MR) is 94.1 cm³/mol. The minimum Gasteiger partial charge on any atom is -0.356 e. The van der Waals surface area contributed by atoms with Crippen molar-refractivity contribution in [1.29, 1.82) is 0 Å². The van der Waals surface area contributed by atoms with Crippen molar-refractivity contribution in [2.45, 2.75) is 39.2 Å². The molecule has 1 atom stereocenters. The fraction of sp³-hybridized carbons (Fsp3) is 0.421. The van der Waals surface area contributed by atoms with Crippen LogP contribution in [-0.2, 0) is 18.3 Å². The van der Waals surface area contributed by atoms with Crippen molar-refractivity contribution >= 4 is 16.9 Å². The third-order valence-corrected chi connectivity index (χ3v) is 5.24. The maximum absolute atomic E-state index is 13.0. The van der Waals surface area contributed by atoms with E-state index in [0.29, 0.717) is 5.69 Å². The first kappa shape index (κ1) is 15.9. The summed E-state index contributed by atoms with van der Waals surface area (Å²) in [6.07, 6.45) is 2.27. The lowest BCUT2D eigenvalue weighted by atomic mass is 10.0. The molecular weight excluding hydrogens is 316 g/mol. The number of amides is 1. The van der Waals surface area contributed by atoms with Crippen LogP contribution in [0.2, 0.25) is 0 Å². The van der Waals surface area contributed by atoms with Crippen molar-refractivity contribution in [3.05, 3.63) is 46.9 Å². The summed E-state index contributed by atoms with van der Waals surface area (Å²) in [7, 11) is 1.95. The molecule has 130 valence electrons. The Labute approximate surface area is 146 Å². The van der Waals surface area contributed by atoms with Gasteiger partial charge >= 0.3 is 0 Å². The minimum absolute atomic E-state index is 0.101. The molecule has 0 bridgehead atoms. The van der Waals surface area contributed by atoms with E-state index < -0.39 is 0 Å². The molecule has 0 spiro atoms. The SMILES string of the molecule is Cc1nn(C)c(C)c1[C@H]1CCCN1C(=O)Cc1noc2ccccc12. The highest BCUT2D eigenvalue weighted by Gasteiger charge is 2.33. The first-order valence-corrected chi connectivity index (χ1v) is 8.69. The molecule has 0 radical (unpaired) electrons. The largest absolute Gasteiger partial charge is 0.356 e. The number of rotatable bonds is 3. The summed E-state index contributed by atoms with van der Waals surface area (Å²) in [6.45, 7) is 4.88. The van der Waals surface area contributed by atoms with E-state index in [4.69, 9.17) is 4.52 Å². The van der Waals surface area contributed by atoms with E-state index in [2.05, 4.69) is 17.2 Å². The fourth-order valence-electron chi connectivity index (χ4n) is 3.95. The van der Waals surface area contributed by atoms with Crippen LogP contribution in [-0.4, -0.2) is 32.3 Å². The first-order valence-electron chi connectivity index (χ1n) is 8.69. The molecule has 4 rings (SSSR count). The lowest BCUT2D eigenvalue weighted by Gasteiger charge is -2.25. The van der Waals surface area contributed by atoms with Gasteiger partial charge in [0.05, 0.1) is 18.2 Å². The molecule has 1 aromatic carbocycles. The summed E-state index contributed by atoms with van der Waals surface area (Å²) in [4.78, 5) is 15.0. The van der Waals surface area contributed by atoms with Gasteiger partial charge in [-0.05, 0) is 38.8 Å². The zero-order valence-electron chi connectivity index (χ0n) is 14.8. The molecule has 1 amide bonds. The number of likely N-dealkylation sites (tertiary alicyclic amines) is 1. The van der Waals surface area contributed by atoms with Crippen molar-refractivity contribution < 1.29 is 9.32 Å². The Balaban J connectivity index is 1.61. The number of aromatic nitrogens is 3. The van der Waals surface area contributed by atoms with E-state index in [9.17, 15) is 4.79 Å². The standard InChI is InChI=1S/C19H22N4O2/c1-12-19(13(2)22(3)20-12)16-8-6-10-23(16)18(24)11-15-14-7-4-5-9-17(14)25-21-15/h4-5,7,9,16H,6,8,10-11H2,1-3H3/t16-/m1/s1. The third-order valence-electron chi connectivity index (χ3n) is 5.24. The molecular formula is C19H22N4O2. The second-order valence-corrected chi connectivity index (χ2v) is 6.76. The molecule has 3 aromatic rings. The van der Waals surface area contributed by atoms with Gasteiger partial charge in [-0.3, -0.25) is 9.48 Å². The van der Waals surface area contributed by atoms with Gasteiger partial charge in [-0.25, -0.2) is 0 Å². The average molecular weight is 338 g/mol. The lowest BCUT2D eigenvalue weighted by Crippen LogP contribution is -2.32. The smallest absolute Gasteiger partial charge is 0.229 e. The van der Waals surface area contributed by atoms with Gasteiger partial charge in [-0.2, -0.15) is 5.10 Å².